The second-order valence-electron chi connectivity index (χ2n) is 6.50. The van der Waals surface area contributed by atoms with Crippen LogP contribution in [-0.2, 0) is 6.54 Å². The molecule has 1 aromatic heterocycles. The molecule has 1 N–H and O–H groups in total. The SMILES string of the molecule is Cc1nn(Cc2cccc(Cl)c2)cc1C(=O)N1CCC(C(C)O)C1. The van der Waals surface area contributed by atoms with E-state index in [1.54, 1.807) is 17.8 Å². The van der Waals surface area contributed by atoms with Gasteiger partial charge in [-0.2, -0.15) is 5.10 Å². The average molecular weight is 348 g/mol. The Kier molecular flexibility index (Phi) is 4.92. The first kappa shape index (κ1) is 17.0. The minimum atomic E-state index is -0.380. The molecule has 5 nitrogen and oxygen atoms in total. The van der Waals surface area contributed by atoms with E-state index in [9.17, 15) is 9.90 Å². The number of aliphatic hydroxyl groups is 1. The molecule has 1 aliphatic rings. The molecule has 1 amide bonds. The van der Waals surface area contributed by atoms with E-state index in [0.29, 0.717) is 30.2 Å². The van der Waals surface area contributed by atoms with E-state index in [4.69, 9.17) is 11.6 Å². The number of hydrogen-bond donors (Lipinski definition) is 1. The number of halogens is 1. The first-order chi connectivity index (χ1) is 11.4. The van der Waals surface area contributed by atoms with E-state index in [1.165, 1.54) is 0 Å². The number of aryl methyl sites for hydroxylation is 1. The number of likely N-dealkylation sites (tertiary alicyclic amines) is 1. The highest BCUT2D eigenvalue weighted by Crippen LogP contribution is 2.22. The van der Waals surface area contributed by atoms with Gasteiger partial charge in [-0.05, 0) is 38.0 Å². The quantitative estimate of drug-likeness (QED) is 0.925. The number of rotatable bonds is 4. The summed E-state index contributed by atoms with van der Waals surface area (Å²) >= 11 is 6.01. The van der Waals surface area contributed by atoms with Crippen LogP contribution >= 0.6 is 11.6 Å². The summed E-state index contributed by atoms with van der Waals surface area (Å²) in [5, 5.41) is 14.8. The molecule has 0 radical (unpaired) electrons. The maximum atomic E-state index is 12.7. The van der Waals surface area contributed by atoms with Crippen LogP contribution in [0.4, 0.5) is 0 Å². The summed E-state index contributed by atoms with van der Waals surface area (Å²) in [5.41, 5.74) is 2.39. The number of carbonyl (C=O) groups excluding carboxylic acids is 1. The summed E-state index contributed by atoms with van der Waals surface area (Å²) < 4.78 is 1.77. The number of benzene rings is 1. The van der Waals surface area contributed by atoms with E-state index in [1.807, 2.05) is 36.1 Å². The Labute approximate surface area is 146 Å². The molecule has 24 heavy (non-hydrogen) atoms. The van der Waals surface area contributed by atoms with Crippen LogP contribution in [0.1, 0.15) is 35.0 Å². The Morgan fingerprint density at radius 2 is 2.29 bits per heavy atom. The number of nitrogens with zero attached hydrogens (tertiary/aromatic N) is 3. The third-order valence-corrected chi connectivity index (χ3v) is 4.84. The van der Waals surface area contributed by atoms with Crippen LogP contribution in [0.5, 0.6) is 0 Å². The molecule has 2 unspecified atom stereocenters. The van der Waals surface area contributed by atoms with Gasteiger partial charge in [-0.15, -0.1) is 0 Å². The lowest BCUT2D eigenvalue weighted by Gasteiger charge is -2.17. The molecule has 1 saturated heterocycles. The zero-order chi connectivity index (χ0) is 17.3. The normalized spacial score (nSPS) is 18.8. The summed E-state index contributed by atoms with van der Waals surface area (Å²) in [4.78, 5) is 14.5. The van der Waals surface area contributed by atoms with E-state index in [2.05, 4.69) is 5.10 Å². The Morgan fingerprint density at radius 1 is 1.50 bits per heavy atom. The molecule has 0 bridgehead atoms. The lowest BCUT2D eigenvalue weighted by atomic mass is 10.0. The molecule has 1 fully saturated rings. The van der Waals surface area contributed by atoms with E-state index < -0.39 is 0 Å². The van der Waals surface area contributed by atoms with Crippen LogP contribution in [0, 0.1) is 12.8 Å². The van der Waals surface area contributed by atoms with Crippen molar-refractivity contribution in [3.05, 3.63) is 52.3 Å². The molecule has 0 saturated carbocycles. The van der Waals surface area contributed by atoms with Crippen molar-refractivity contribution in [2.75, 3.05) is 13.1 Å². The molecule has 2 aromatic rings. The van der Waals surface area contributed by atoms with Crippen molar-refractivity contribution in [2.24, 2.45) is 5.92 Å². The minimum absolute atomic E-state index is 0.00649. The zero-order valence-electron chi connectivity index (χ0n) is 13.9. The van der Waals surface area contributed by atoms with Crippen LogP contribution < -0.4 is 0 Å². The topological polar surface area (TPSA) is 58.4 Å². The lowest BCUT2D eigenvalue weighted by molar-refractivity contribution is 0.0761. The zero-order valence-corrected chi connectivity index (χ0v) is 14.7. The van der Waals surface area contributed by atoms with E-state index in [0.717, 1.165) is 17.7 Å². The summed E-state index contributed by atoms with van der Waals surface area (Å²) in [5.74, 6) is 0.156. The molecule has 0 aliphatic carbocycles. The van der Waals surface area contributed by atoms with Gasteiger partial charge in [0.1, 0.15) is 0 Å². The van der Waals surface area contributed by atoms with Gasteiger partial charge in [-0.25, -0.2) is 0 Å². The summed E-state index contributed by atoms with van der Waals surface area (Å²) in [7, 11) is 0. The highest BCUT2D eigenvalue weighted by Gasteiger charge is 2.30. The molecule has 128 valence electrons. The van der Waals surface area contributed by atoms with Gasteiger partial charge < -0.3 is 10.0 Å². The van der Waals surface area contributed by atoms with Gasteiger partial charge in [0, 0.05) is 30.2 Å². The van der Waals surface area contributed by atoms with Gasteiger partial charge in [0.05, 0.1) is 23.9 Å². The predicted molar refractivity (Wildman–Crippen MR) is 93.2 cm³/mol. The molecule has 1 aromatic carbocycles. The van der Waals surface area contributed by atoms with Crippen LogP contribution in [0.3, 0.4) is 0 Å². The summed E-state index contributed by atoms with van der Waals surface area (Å²) in [6, 6.07) is 7.62. The molecule has 6 heteroatoms. The standard InChI is InChI=1S/C18H22ClN3O2/c1-12-17(18(24)21-7-6-15(10-21)13(2)23)11-22(20-12)9-14-4-3-5-16(19)8-14/h3-5,8,11,13,15,23H,6-7,9-10H2,1-2H3. The molecule has 2 atom stereocenters. The lowest BCUT2D eigenvalue weighted by Crippen LogP contribution is -2.30. The Balaban J connectivity index is 1.73. The second-order valence-corrected chi connectivity index (χ2v) is 6.93. The number of aliphatic hydroxyl groups excluding tert-OH is 1. The Morgan fingerprint density at radius 3 is 2.96 bits per heavy atom. The van der Waals surface area contributed by atoms with Crippen LogP contribution in [-0.4, -0.2) is 44.9 Å². The third-order valence-electron chi connectivity index (χ3n) is 4.60. The molecular formula is C18H22ClN3O2. The summed E-state index contributed by atoms with van der Waals surface area (Å²) in [6.45, 7) is 5.50. The fourth-order valence-electron chi connectivity index (χ4n) is 3.17. The van der Waals surface area contributed by atoms with Crippen molar-refractivity contribution in [1.29, 1.82) is 0 Å². The van der Waals surface area contributed by atoms with Crippen molar-refractivity contribution in [3.63, 3.8) is 0 Å². The molecule has 1 aliphatic heterocycles. The van der Waals surface area contributed by atoms with Gasteiger partial charge in [-0.1, -0.05) is 23.7 Å². The first-order valence-electron chi connectivity index (χ1n) is 8.20. The molecule has 0 spiro atoms. The highest BCUT2D eigenvalue weighted by atomic mass is 35.5. The smallest absolute Gasteiger partial charge is 0.257 e. The molecule has 3 rings (SSSR count). The fourth-order valence-corrected chi connectivity index (χ4v) is 3.38. The van der Waals surface area contributed by atoms with Crippen molar-refractivity contribution in [2.45, 2.75) is 32.9 Å². The minimum Gasteiger partial charge on any atom is -0.393 e. The number of amides is 1. The number of carbonyl (C=O) groups is 1. The third kappa shape index (κ3) is 3.62. The summed E-state index contributed by atoms with van der Waals surface area (Å²) in [6.07, 6.45) is 2.27. The average Bonchev–Trinajstić information content (AvgIpc) is 3.14. The molecular weight excluding hydrogens is 326 g/mol. The van der Waals surface area contributed by atoms with Crippen LogP contribution in [0.25, 0.3) is 0 Å². The van der Waals surface area contributed by atoms with Crippen molar-refractivity contribution >= 4 is 17.5 Å². The van der Waals surface area contributed by atoms with E-state index in [-0.39, 0.29) is 17.9 Å². The maximum Gasteiger partial charge on any atom is 0.257 e. The van der Waals surface area contributed by atoms with Gasteiger partial charge in [0.15, 0.2) is 0 Å². The van der Waals surface area contributed by atoms with Gasteiger partial charge in [0.25, 0.3) is 5.91 Å². The second kappa shape index (κ2) is 6.95. The predicted octanol–water partition coefficient (Wildman–Crippen LogP) is 2.74. The van der Waals surface area contributed by atoms with Gasteiger partial charge >= 0.3 is 0 Å². The molecule has 2 heterocycles. The first-order valence-corrected chi connectivity index (χ1v) is 8.57. The van der Waals surface area contributed by atoms with Gasteiger partial charge in [-0.3, -0.25) is 9.48 Å². The van der Waals surface area contributed by atoms with Crippen LogP contribution in [0.2, 0.25) is 5.02 Å². The number of hydrogen-bond acceptors (Lipinski definition) is 3. The largest absolute Gasteiger partial charge is 0.393 e. The maximum absolute atomic E-state index is 12.7. The Hall–Kier alpha value is -1.85. The van der Waals surface area contributed by atoms with E-state index >= 15 is 0 Å². The van der Waals surface area contributed by atoms with Crippen LogP contribution in [0.15, 0.2) is 30.5 Å². The van der Waals surface area contributed by atoms with Crippen molar-refractivity contribution in [1.82, 2.24) is 14.7 Å². The fraction of sp³-hybridized carbons (Fsp3) is 0.444. The number of aromatic nitrogens is 2. The van der Waals surface area contributed by atoms with Gasteiger partial charge in [0.2, 0.25) is 0 Å². The Bertz CT molecular complexity index is 742. The monoisotopic (exact) mass is 347 g/mol. The van der Waals surface area contributed by atoms with Crippen molar-refractivity contribution in [3.8, 4) is 0 Å². The highest BCUT2D eigenvalue weighted by molar-refractivity contribution is 6.30. The van der Waals surface area contributed by atoms with Crippen molar-refractivity contribution < 1.29 is 9.90 Å².